The minimum atomic E-state index is -4.40. The zero-order chi connectivity index (χ0) is 13.2. The fourth-order valence-electron chi connectivity index (χ4n) is 1.67. The van der Waals surface area contributed by atoms with Crippen LogP contribution in [0.2, 0.25) is 0 Å². The monoisotopic (exact) mass is 288 g/mol. The van der Waals surface area contributed by atoms with E-state index in [1.165, 1.54) is 12.1 Å². The Hall–Kier alpha value is -0.590. The number of benzene rings is 2. The van der Waals surface area contributed by atoms with Crippen LogP contribution in [0, 0.1) is 0 Å². The van der Waals surface area contributed by atoms with Gasteiger partial charge in [-0.15, -0.1) is 0 Å². The third-order valence-electron chi connectivity index (χ3n) is 2.54. The molecule has 0 N–H and O–H groups in total. The molecule has 0 saturated carbocycles. The fraction of sp³-hybridized carbons (Fsp3) is 0.231. The molecule has 0 aliphatic heterocycles. The zero-order valence-electron chi connectivity index (χ0n) is 10.9. The van der Waals surface area contributed by atoms with Crippen LogP contribution in [-0.4, -0.2) is 19.6 Å². The molecule has 0 aliphatic rings. The summed E-state index contributed by atoms with van der Waals surface area (Å²) in [7, 11) is -4.40. The Bertz CT molecular complexity index is 667. The van der Waals surface area contributed by atoms with Gasteiger partial charge in [-0.05, 0) is 41.5 Å². The molecule has 2 aromatic rings. The Morgan fingerprint density at radius 2 is 1.74 bits per heavy atom. The van der Waals surface area contributed by atoms with E-state index in [9.17, 15) is 13.0 Å². The number of fused-ring (bicyclic) bond motifs is 1. The molecule has 96 valence electrons. The third kappa shape index (κ3) is 4.19. The topological polar surface area (TPSA) is 66.4 Å². The molecule has 0 aliphatic carbocycles. The van der Waals surface area contributed by atoms with Gasteiger partial charge in [0.1, 0.15) is 15.9 Å². The second-order valence-electron chi connectivity index (χ2n) is 3.97. The number of ether oxygens (including phenoxy) is 1. The maximum absolute atomic E-state index is 10.9. The number of hydrogen-bond acceptors (Lipinski definition) is 4. The first-order chi connectivity index (χ1) is 8.50. The Kier molecular flexibility index (Phi) is 5.82. The van der Waals surface area contributed by atoms with Crippen molar-refractivity contribution >= 4 is 20.9 Å². The predicted octanol–water partition coefficient (Wildman–Crippen LogP) is -0.463. The molecule has 0 unspecified atom stereocenters. The van der Waals surface area contributed by atoms with Gasteiger partial charge in [-0.3, -0.25) is 0 Å². The first-order valence-electron chi connectivity index (χ1n) is 5.63. The zero-order valence-corrected chi connectivity index (χ0v) is 13.7. The molecule has 0 fully saturated rings. The van der Waals surface area contributed by atoms with Gasteiger partial charge < -0.3 is 9.29 Å². The van der Waals surface area contributed by atoms with Gasteiger partial charge >= 0.3 is 29.6 Å². The molecule has 0 atom stereocenters. The van der Waals surface area contributed by atoms with Gasteiger partial charge in [-0.2, -0.15) is 0 Å². The molecular formula is C13H13NaO4S. The summed E-state index contributed by atoms with van der Waals surface area (Å²) in [5.41, 5.74) is 0. The summed E-state index contributed by atoms with van der Waals surface area (Å²) in [6.07, 6.45) is 0.922. The van der Waals surface area contributed by atoms with Crippen molar-refractivity contribution in [2.24, 2.45) is 0 Å². The Labute approximate surface area is 134 Å². The average Bonchev–Trinajstić information content (AvgIpc) is 2.34. The SMILES string of the molecule is CCCOc1ccc2cc(S(=O)(=O)[O-])ccc2c1.[Na+]. The normalized spacial score (nSPS) is 11.1. The van der Waals surface area contributed by atoms with E-state index >= 15 is 0 Å². The van der Waals surface area contributed by atoms with Crippen LogP contribution in [-0.2, 0) is 10.1 Å². The second-order valence-corrected chi connectivity index (χ2v) is 5.35. The summed E-state index contributed by atoms with van der Waals surface area (Å²) in [6, 6.07) is 9.63. The number of hydrogen-bond donors (Lipinski definition) is 0. The van der Waals surface area contributed by atoms with Crippen molar-refractivity contribution in [1.29, 1.82) is 0 Å². The molecule has 0 saturated heterocycles. The predicted molar refractivity (Wildman–Crippen MR) is 67.7 cm³/mol. The second kappa shape index (κ2) is 6.72. The molecule has 0 aromatic heterocycles. The van der Waals surface area contributed by atoms with Gasteiger partial charge in [0.15, 0.2) is 0 Å². The van der Waals surface area contributed by atoms with Crippen molar-refractivity contribution in [3.63, 3.8) is 0 Å². The standard InChI is InChI=1S/C13H14O4S.Na/c1-2-7-17-12-5-3-11-9-13(18(14,15)16)6-4-10(11)8-12;/h3-6,8-9H,2,7H2,1H3,(H,14,15,16);/q;+1/p-1. The Morgan fingerprint density at radius 1 is 1.11 bits per heavy atom. The largest absolute Gasteiger partial charge is 1.00 e. The first kappa shape index (κ1) is 16.5. The van der Waals surface area contributed by atoms with Gasteiger partial charge in [0.25, 0.3) is 0 Å². The van der Waals surface area contributed by atoms with E-state index in [0.29, 0.717) is 12.0 Å². The van der Waals surface area contributed by atoms with Crippen molar-refractivity contribution < 1.29 is 47.3 Å². The van der Waals surface area contributed by atoms with Crippen LogP contribution in [0.5, 0.6) is 5.75 Å². The van der Waals surface area contributed by atoms with Crippen LogP contribution in [0.3, 0.4) is 0 Å². The molecule has 0 bridgehead atoms. The van der Waals surface area contributed by atoms with E-state index in [0.717, 1.165) is 17.6 Å². The maximum atomic E-state index is 10.9. The smallest absolute Gasteiger partial charge is 0.744 e. The van der Waals surface area contributed by atoms with Crippen molar-refractivity contribution in [3.05, 3.63) is 36.4 Å². The summed E-state index contributed by atoms with van der Waals surface area (Å²) in [4.78, 5) is -0.211. The molecule has 0 heterocycles. The molecule has 2 aromatic carbocycles. The molecule has 0 spiro atoms. The molecule has 0 amide bonds. The van der Waals surface area contributed by atoms with E-state index < -0.39 is 10.1 Å². The van der Waals surface area contributed by atoms with Crippen molar-refractivity contribution in [1.82, 2.24) is 0 Å². The average molecular weight is 288 g/mol. The summed E-state index contributed by atoms with van der Waals surface area (Å²) < 4.78 is 38.2. The van der Waals surface area contributed by atoms with Crippen LogP contribution in [0.1, 0.15) is 13.3 Å². The van der Waals surface area contributed by atoms with Crippen LogP contribution in [0.25, 0.3) is 10.8 Å². The molecule has 6 heteroatoms. The first-order valence-corrected chi connectivity index (χ1v) is 7.04. The molecule has 0 radical (unpaired) electrons. The van der Waals surface area contributed by atoms with E-state index in [-0.39, 0.29) is 34.5 Å². The Balaban J connectivity index is 0.00000180. The van der Waals surface area contributed by atoms with Crippen molar-refractivity contribution in [2.75, 3.05) is 6.61 Å². The maximum Gasteiger partial charge on any atom is 1.00 e. The van der Waals surface area contributed by atoms with Crippen molar-refractivity contribution in [3.8, 4) is 5.75 Å². The summed E-state index contributed by atoms with van der Waals surface area (Å²) in [5.74, 6) is 0.738. The van der Waals surface area contributed by atoms with E-state index in [1.807, 2.05) is 13.0 Å². The van der Waals surface area contributed by atoms with E-state index in [1.54, 1.807) is 18.2 Å². The fourth-order valence-corrected chi connectivity index (χ4v) is 2.17. The van der Waals surface area contributed by atoms with Crippen LogP contribution in [0.15, 0.2) is 41.3 Å². The number of rotatable bonds is 4. The van der Waals surface area contributed by atoms with Crippen LogP contribution >= 0.6 is 0 Å². The van der Waals surface area contributed by atoms with E-state index in [4.69, 9.17) is 4.74 Å². The minimum Gasteiger partial charge on any atom is -0.744 e. The van der Waals surface area contributed by atoms with E-state index in [2.05, 4.69) is 0 Å². The molecule has 2 rings (SSSR count). The van der Waals surface area contributed by atoms with Crippen molar-refractivity contribution in [2.45, 2.75) is 18.2 Å². The van der Waals surface area contributed by atoms with Gasteiger partial charge in [-0.1, -0.05) is 19.1 Å². The quantitative estimate of drug-likeness (QED) is 0.564. The molecular weight excluding hydrogens is 275 g/mol. The summed E-state index contributed by atoms with van der Waals surface area (Å²) in [6.45, 7) is 2.66. The van der Waals surface area contributed by atoms with Gasteiger partial charge in [-0.25, -0.2) is 8.42 Å². The molecule has 4 nitrogen and oxygen atoms in total. The van der Waals surface area contributed by atoms with Gasteiger partial charge in [0.05, 0.1) is 11.5 Å². The Morgan fingerprint density at radius 3 is 2.37 bits per heavy atom. The van der Waals surface area contributed by atoms with Gasteiger partial charge in [0, 0.05) is 0 Å². The minimum absolute atomic E-state index is 0. The summed E-state index contributed by atoms with van der Waals surface area (Å²) in [5, 5.41) is 1.55. The van der Waals surface area contributed by atoms with Crippen LogP contribution < -0.4 is 34.3 Å². The third-order valence-corrected chi connectivity index (χ3v) is 3.38. The molecule has 19 heavy (non-hydrogen) atoms. The van der Waals surface area contributed by atoms with Crippen LogP contribution in [0.4, 0.5) is 0 Å². The van der Waals surface area contributed by atoms with Gasteiger partial charge in [0.2, 0.25) is 0 Å². The summed E-state index contributed by atoms with van der Waals surface area (Å²) >= 11 is 0.